The SMILES string of the molecule is NS(=O)(=O)C(CO)c1ccc(-n2cc(-c3cc(O)nc(N4CCC(F)(F)CC4)n3)nn2)c(N2CCC3(CC2)CC3)c1. The van der Waals surface area contributed by atoms with Gasteiger partial charge in [-0.2, -0.15) is 4.98 Å². The molecule has 3 aromatic rings. The first-order valence-corrected chi connectivity index (χ1v) is 15.2. The molecule has 3 fully saturated rings. The van der Waals surface area contributed by atoms with E-state index in [1.165, 1.54) is 18.9 Å². The van der Waals surface area contributed by atoms with E-state index in [9.17, 15) is 27.4 Å². The monoisotopic (exact) mass is 590 g/mol. The maximum atomic E-state index is 13.6. The quantitative estimate of drug-likeness (QED) is 0.372. The van der Waals surface area contributed by atoms with Crippen molar-refractivity contribution in [2.75, 3.05) is 42.6 Å². The minimum Gasteiger partial charge on any atom is -0.493 e. The molecule has 0 bridgehead atoms. The van der Waals surface area contributed by atoms with Crippen LogP contribution in [0.25, 0.3) is 17.1 Å². The van der Waals surface area contributed by atoms with Gasteiger partial charge in [0, 0.05) is 45.1 Å². The Hall–Kier alpha value is -3.43. The highest BCUT2D eigenvalue weighted by Gasteiger charge is 2.44. The molecule has 0 amide bonds. The van der Waals surface area contributed by atoms with Gasteiger partial charge in [-0.15, -0.1) is 5.10 Å². The summed E-state index contributed by atoms with van der Waals surface area (Å²) in [7, 11) is -4.04. The molecule has 220 valence electrons. The molecule has 3 aliphatic rings. The third kappa shape index (κ3) is 5.70. The number of aromatic hydroxyl groups is 1. The smallest absolute Gasteiger partial charge is 0.251 e. The average Bonchev–Trinajstić information content (AvgIpc) is 3.48. The number of primary sulfonamides is 1. The summed E-state index contributed by atoms with van der Waals surface area (Å²) >= 11 is 0. The van der Waals surface area contributed by atoms with Crippen LogP contribution in [0, 0.1) is 5.41 Å². The molecule has 2 aliphatic heterocycles. The maximum Gasteiger partial charge on any atom is 0.251 e. The van der Waals surface area contributed by atoms with Crippen LogP contribution in [0.15, 0.2) is 30.5 Å². The van der Waals surface area contributed by atoms with Crippen molar-refractivity contribution in [2.24, 2.45) is 10.6 Å². The van der Waals surface area contributed by atoms with Gasteiger partial charge in [0.2, 0.25) is 21.9 Å². The van der Waals surface area contributed by atoms with E-state index in [-0.39, 0.29) is 43.5 Å². The summed E-state index contributed by atoms with van der Waals surface area (Å²) in [6.45, 7) is 1.04. The molecule has 12 nitrogen and oxygen atoms in total. The molecule has 41 heavy (non-hydrogen) atoms. The number of nitrogens with two attached hydrogens (primary N) is 1. The predicted octanol–water partition coefficient (Wildman–Crippen LogP) is 2.37. The molecule has 1 aromatic carbocycles. The van der Waals surface area contributed by atoms with Crippen LogP contribution in [-0.2, 0) is 10.0 Å². The number of hydrogen-bond donors (Lipinski definition) is 3. The average molecular weight is 591 g/mol. The lowest BCUT2D eigenvalue weighted by molar-refractivity contribution is -0.0222. The molecular weight excluding hydrogens is 558 g/mol. The van der Waals surface area contributed by atoms with E-state index in [4.69, 9.17) is 5.14 Å². The number of benzene rings is 1. The Morgan fingerprint density at radius 3 is 2.24 bits per heavy atom. The van der Waals surface area contributed by atoms with E-state index in [0.29, 0.717) is 22.4 Å². The van der Waals surface area contributed by atoms with Gasteiger partial charge in [-0.1, -0.05) is 11.3 Å². The summed E-state index contributed by atoms with van der Waals surface area (Å²) in [5.41, 5.74) is 2.77. The molecular formula is C26H32F2N8O4S. The Balaban J connectivity index is 1.33. The molecule has 6 rings (SSSR count). The number of aromatic nitrogens is 5. The number of alkyl halides is 2. The number of halogens is 2. The topological polar surface area (TPSA) is 164 Å². The van der Waals surface area contributed by atoms with Crippen LogP contribution in [0.3, 0.4) is 0 Å². The number of aliphatic hydroxyl groups excluding tert-OH is 1. The highest BCUT2D eigenvalue weighted by Crippen LogP contribution is 2.54. The van der Waals surface area contributed by atoms with E-state index in [2.05, 4.69) is 25.2 Å². The van der Waals surface area contributed by atoms with Crippen molar-refractivity contribution in [1.29, 1.82) is 0 Å². The molecule has 4 N–H and O–H groups in total. The Kier molecular flexibility index (Phi) is 6.85. The van der Waals surface area contributed by atoms with Gasteiger partial charge in [-0.05, 0) is 48.8 Å². The van der Waals surface area contributed by atoms with Crippen LogP contribution in [0.2, 0.25) is 0 Å². The van der Waals surface area contributed by atoms with E-state index in [1.807, 2.05) is 0 Å². The molecule has 0 radical (unpaired) electrons. The number of aliphatic hydroxyl groups is 1. The molecule has 1 unspecified atom stereocenters. The Morgan fingerprint density at radius 2 is 1.61 bits per heavy atom. The molecule has 4 heterocycles. The number of anilines is 2. The van der Waals surface area contributed by atoms with Crippen LogP contribution in [-0.4, -0.2) is 82.3 Å². The van der Waals surface area contributed by atoms with Gasteiger partial charge in [0.1, 0.15) is 16.6 Å². The summed E-state index contributed by atoms with van der Waals surface area (Å²) in [6, 6.07) is 6.37. The van der Waals surface area contributed by atoms with Gasteiger partial charge in [-0.3, -0.25) is 0 Å². The molecule has 1 atom stereocenters. The first-order valence-electron chi connectivity index (χ1n) is 13.6. The van der Waals surface area contributed by atoms with E-state index in [0.717, 1.165) is 31.6 Å². The second kappa shape index (κ2) is 10.1. The zero-order chi connectivity index (χ0) is 29.0. The number of piperidine rings is 2. The van der Waals surface area contributed by atoms with E-state index < -0.39 is 27.8 Å². The Morgan fingerprint density at radius 1 is 0.927 bits per heavy atom. The number of sulfonamides is 1. The summed E-state index contributed by atoms with van der Waals surface area (Å²) < 4.78 is 53.2. The third-order valence-electron chi connectivity index (χ3n) is 8.54. The summed E-state index contributed by atoms with van der Waals surface area (Å²) in [4.78, 5) is 12.3. The van der Waals surface area contributed by atoms with Crippen LogP contribution < -0.4 is 14.9 Å². The maximum absolute atomic E-state index is 13.6. The largest absolute Gasteiger partial charge is 0.493 e. The molecule has 1 spiro atoms. The highest BCUT2D eigenvalue weighted by molar-refractivity contribution is 7.89. The van der Waals surface area contributed by atoms with Crippen molar-refractivity contribution >= 4 is 21.7 Å². The predicted molar refractivity (Wildman–Crippen MR) is 146 cm³/mol. The fourth-order valence-corrected chi connectivity index (χ4v) is 6.45. The highest BCUT2D eigenvalue weighted by atomic mass is 32.2. The molecule has 1 saturated carbocycles. The second-order valence-corrected chi connectivity index (χ2v) is 13.0. The van der Waals surface area contributed by atoms with Gasteiger partial charge in [0.15, 0.2) is 0 Å². The summed E-state index contributed by atoms with van der Waals surface area (Å²) in [5, 5.41) is 32.7. The van der Waals surface area contributed by atoms with Crippen molar-refractivity contribution in [2.45, 2.75) is 49.7 Å². The zero-order valence-corrected chi connectivity index (χ0v) is 23.1. The van der Waals surface area contributed by atoms with Crippen LogP contribution in [0.4, 0.5) is 20.4 Å². The van der Waals surface area contributed by atoms with Crippen molar-refractivity contribution in [3.63, 3.8) is 0 Å². The van der Waals surface area contributed by atoms with Gasteiger partial charge in [0.05, 0.1) is 24.2 Å². The second-order valence-electron chi connectivity index (χ2n) is 11.3. The number of nitrogens with zero attached hydrogens (tertiary/aromatic N) is 7. The van der Waals surface area contributed by atoms with Gasteiger partial charge >= 0.3 is 0 Å². The third-order valence-corrected chi connectivity index (χ3v) is 9.75. The lowest BCUT2D eigenvalue weighted by Crippen LogP contribution is -2.40. The van der Waals surface area contributed by atoms with Crippen LogP contribution in [0.1, 0.15) is 49.3 Å². The number of hydrogen-bond acceptors (Lipinski definition) is 10. The van der Waals surface area contributed by atoms with Crippen LogP contribution in [0.5, 0.6) is 5.88 Å². The lowest BCUT2D eigenvalue weighted by Gasteiger charge is -2.35. The molecule has 2 saturated heterocycles. The first-order chi connectivity index (χ1) is 19.5. The normalized spacial score (nSPS) is 20.8. The van der Waals surface area contributed by atoms with Gasteiger partial charge in [0.25, 0.3) is 5.92 Å². The Bertz CT molecular complexity index is 1540. The lowest BCUT2D eigenvalue weighted by atomic mass is 9.93. The van der Waals surface area contributed by atoms with E-state index >= 15 is 0 Å². The fourth-order valence-electron chi connectivity index (χ4n) is 5.71. The van der Waals surface area contributed by atoms with Crippen LogP contribution >= 0.6 is 0 Å². The molecule has 2 aromatic heterocycles. The zero-order valence-electron chi connectivity index (χ0n) is 22.3. The minimum atomic E-state index is -4.04. The van der Waals surface area contributed by atoms with Gasteiger partial charge < -0.3 is 20.0 Å². The van der Waals surface area contributed by atoms with E-state index in [1.54, 1.807) is 34.0 Å². The summed E-state index contributed by atoms with van der Waals surface area (Å²) in [6.07, 6.45) is 5.50. The van der Waals surface area contributed by atoms with Gasteiger partial charge in [-0.25, -0.2) is 32.0 Å². The number of rotatable bonds is 7. The molecule has 1 aliphatic carbocycles. The summed E-state index contributed by atoms with van der Waals surface area (Å²) in [5.74, 6) is -2.91. The van der Waals surface area contributed by atoms with Crippen molar-refractivity contribution < 1.29 is 27.4 Å². The Labute approximate surface area is 235 Å². The standard InChI is InChI=1S/C26H32F2N8O4S/c27-26(28)7-11-35(12-8-26)24-30-18(14-23(38)31-24)19-15-36(33-32-19)20-2-1-17(22(16-37)41(29,39)40)13-21(20)34-9-5-25(3-4-25)6-10-34/h1-2,13-15,22,37H,3-12,16H2,(H2,29,39,40)(H,30,31,38). The fraction of sp³-hybridized carbons (Fsp3) is 0.538. The van der Waals surface area contributed by atoms with Crippen molar-refractivity contribution in [1.82, 2.24) is 25.0 Å². The van der Waals surface area contributed by atoms with Crippen molar-refractivity contribution in [3.05, 3.63) is 36.0 Å². The first kappa shape index (κ1) is 27.7. The molecule has 15 heteroatoms. The van der Waals surface area contributed by atoms with Crippen molar-refractivity contribution in [3.8, 4) is 23.0 Å². The minimum absolute atomic E-state index is 0.0583.